The number of aliphatic hydroxyl groups excluding tert-OH is 1. The van der Waals surface area contributed by atoms with Crippen LogP contribution in [0.4, 0.5) is 10.5 Å². The van der Waals surface area contributed by atoms with Crippen LogP contribution in [-0.2, 0) is 14.3 Å². The Labute approximate surface area is 210 Å². The number of rotatable bonds is 13. The van der Waals surface area contributed by atoms with E-state index in [0.717, 1.165) is 0 Å². The van der Waals surface area contributed by atoms with Crippen molar-refractivity contribution in [1.82, 2.24) is 5.48 Å². The smallest absolute Gasteiger partial charge is 0.412 e. The number of aliphatic hydroxyl groups is 1. The summed E-state index contributed by atoms with van der Waals surface area (Å²) in [6.45, 7) is 1.76. The van der Waals surface area contributed by atoms with Gasteiger partial charge in [0, 0.05) is 18.9 Å². The zero-order valence-corrected chi connectivity index (χ0v) is 20.5. The van der Waals surface area contributed by atoms with Crippen molar-refractivity contribution in [2.24, 2.45) is 0 Å². The maximum Gasteiger partial charge on any atom is 0.412 e. The number of hydrogen-bond acceptors (Lipinski definition) is 8. The van der Waals surface area contributed by atoms with Crippen LogP contribution in [-0.4, -0.2) is 55.9 Å². The Balaban J connectivity index is 2.21. The number of benzene rings is 2. The van der Waals surface area contributed by atoms with Crippen molar-refractivity contribution < 1.29 is 38.9 Å². The average molecular weight is 501 g/mol. The lowest BCUT2D eigenvalue weighted by molar-refractivity contribution is -0.124. The lowest BCUT2D eigenvalue weighted by atomic mass is 10.0. The molecule has 10 nitrogen and oxygen atoms in total. The van der Waals surface area contributed by atoms with Crippen LogP contribution in [0.15, 0.2) is 72.3 Å². The van der Waals surface area contributed by atoms with Gasteiger partial charge in [-0.3, -0.25) is 15.3 Å². The molecule has 0 bridgehead atoms. The SMILES string of the molecule is COc1ccc(NC(=O)O[C@@H](c2ccc(OCCO)cc2)[C@H](C/C=C/C(C)=C/C(=O)NO)OC)cc1. The Bertz CT molecular complexity index is 1020. The normalized spacial score (nSPS) is 13.1. The highest BCUT2D eigenvalue weighted by molar-refractivity contribution is 5.87. The molecule has 0 fully saturated rings. The van der Waals surface area contributed by atoms with Crippen molar-refractivity contribution >= 4 is 17.7 Å². The first kappa shape index (κ1) is 28.4. The predicted molar refractivity (Wildman–Crippen MR) is 133 cm³/mol. The molecule has 0 saturated carbocycles. The van der Waals surface area contributed by atoms with Crippen LogP contribution >= 0.6 is 0 Å². The topological polar surface area (TPSA) is 136 Å². The summed E-state index contributed by atoms with van der Waals surface area (Å²) in [6, 6.07) is 13.8. The molecule has 2 aromatic carbocycles. The number of ether oxygens (including phenoxy) is 4. The summed E-state index contributed by atoms with van der Waals surface area (Å²) in [6.07, 6.45) is 3.04. The Morgan fingerprint density at radius 1 is 1.03 bits per heavy atom. The summed E-state index contributed by atoms with van der Waals surface area (Å²) in [5.74, 6) is 0.578. The number of carbonyl (C=O) groups is 2. The minimum absolute atomic E-state index is 0.106. The molecule has 0 aliphatic carbocycles. The molecular weight excluding hydrogens is 468 g/mol. The van der Waals surface area contributed by atoms with Crippen molar-refractivity contribution in [2.45, 2.75) is 25.6 Å². The minimum Gasteiger partial charge on any atom is -0.497 e. The molecule has 0 radical (unpaired) electrons. The summed E-state index contributed by atoms with van der Waals surface area (Å²) < 4.78 is 22.0. The number of anilines is 1. The number of amides is 2. The molecule has 36 heavy (non-hydrogen) atoms. The molecule has 0 unspecified atom stereocenters. The third-order valence-electron chi connectivity index (χ3n) is 5.00. The highest BCUT2D eigenvalue weighted by atomic mass is 16.6. The van der Waals surface area contributed by atoms with E-state index in [1.165, 1.54) is 13.2 Å². The summed E-state index contributed by atoms with van der Waals surface area (Å²) >= 11 is 0. The highest BCUT2D eigenvalue weighted by Crippen LogP contribution is 2.28. The molecule has 194 valence electrons. The van der Waals surface area contributed by atoms with Crippen LogP contribution in [0.25, 0.3) is 0 Å². The standard InChI is InChI=1S/C26H32N2O8/c1-18(17-24(30)28-32)5-4-6-23(34-3)25(19-7-11-22(12-8-19)35-16-15-29)36-26(31)27-20-9-13-21(33-2)14-10-20/h4-5,7-14,17,23,25,29,32H,6,15-16H2,1-3H3,(H,27,31)(H,28,30)/b5-4+,18-17+/t23-,25-/m0/s1. The Morgan fingerprint density at radius 2 is 1.69 bits per heavy atom. The third-order valence-corrected chi connectivity index (χ3v) is 5.00. The van der Waals surface area contributed by atoms with E-state index in [1.807, 2.05) is 0 Å². The summed E-state index contributed by atoms with van der Waals surface area (Å²) in [5.41, 5.74) is 3.35. The second-order valence-electron chi connectivity index (χ2n) is 7.60. The molecule has 10 heteroatoms. The predicted octanol–water partition coefficient (Wildman–Crippen LogP) is 3.77. The number of methoxy groups -OCH3 is 2. The van der Waals surface area contributed by atoms with Crippen molar-refractivity contribution in [2.75, 3.05) is 32.8 Å². The molecule has 0 spiro atoms. The fraction of sp³-hybridized carbons (Fsp3) is 0.308. The minimum atomic E-state index is -0.783. The number of allylic oxidation sites excluding steroid dienone is 2. The van der Waals surface area contributed by atoms with Crippen LogP contribution in [0.1, 0.15) is 25.0 Å². The van der Waals surface area contributed by atoms with Crippen molar-refractivity contribution in [1.29, 1.82) is 0 Å². The maximum absolute atomic E-state index is 12.7. The van der Waals surface area contributed by atoms with Crippen LogP contribution in [0.3, 0.4) is 0 Å². The second-order valence-corrected chi connectivity index (χ2v) is 7.60. The average Bonchev–Trinajstić information content (AvgIpc) is 2.89. The molecule has 4 N–H and O–H groups in total. The molecular formula is C26H32N2O8. The number of hydroxylamine groups is 1. The fourth-order valence-corrected chi connectivity index (χ4v) is 3.23. The van der Waals surface area contributed by atoms with E-state index in [4.69, 9.17) is 29.3 Å². The van der Waals surface area contributed by atoms with Gasteiger partial charge in [-0.05, 0) is 60.9 Å². The van der Waals surface area contributed by atoms with Gasteiger partial charge >= 0.3 is 6.09 Å². The van der Waals surface area contributed by atoms with Crippen LogP contribution in [0.5, 0.6) is 11.5 Å². The van der Waals surface area contributed by atoms with Crippen molar-refractivity contribution in [3.63, 3.8) is 0 Å². The summed E-state index contributed by atoms with van der Waals surface area (Å²) in [5, 5.41) is 20.3. The van der Waals surface area contributed by atoms with Crippen molar-refractivity contribution in [3.05, 3.63) is 77.9 Å². The van der Waals surface area contributed by atoms with E-state index >= 15 is 0 Å². The number of carbonyl (C=O) groups excluding carboxylic acids is 2. The largest absolute Gasteiger partial charge is 0.497 e. The van der Waals surface area contributed by atoms with Crippen LogP contribution < -0.4 is 20.3 Å². The zero-order chi connectivity index (χ0) is 26.3. The molecule has 0 aromatic heterocycles. The lowest BCUT2D eigenvalue weighted by Gasteiger charge is -2.26. The first-order valence-corrected chi connectivity index (χ1v) is 11.2. The molecule has 0 heterocycles. The van der Waals surface area contributed by atoms with Gasteiger partial charge in [-0.15, -0.1) is 0 Å². The van der Waals surface area contributed by atoms with Gasteiger partial charge in [0.2, 0.25) is 0 Å². The Hall–Kier alpha value is -3.86. The lowest BCUT2D eigenvalue weighted by Crippen LogP contribution is -2.27. The Morgan fingerprint density at radius 3 is 2.28 bits per heavy atom. The fourth-order valence-electron chi connectivity index (χ4n) is 3.23. The molecule has 0 aliphatic rings. The highest BCUT2D eigenvalue weighted by Gasteiger charge is 2.27. The van der Waals surface area contributed by atoms with Gasteiger partial charge in [-0.25, -0.2) is 10.3 Å². The van der Waals surface area contributed by atoms with E-state index in [1.54, 1.807) is 80.2 Å². The van der Waals surface area contributed by atoms with Gasteiger partial charge in [0.25, 0.3) is 5.91 Å². The van der Waals surface area contributed by atoms with Gasteiger partial charge in [0.1, 0.15) is 24.2 Å². The zero-order valence-electron chi connectivity index (χ0n) is 20.5. The van der Waals surface area contributed by atoms with E-state index in [0.29, 0.717) is 34.7 Å². The molecule has 2 rings (SSSR count). The van der Waals surface area contributed by atoms with Crippen molar-refractivity contribution in [3.8, 4) is 11.5 Å². The first-order chi connectivity index (χ1) is 17.4. The van der Waals surface area contributed by atoms with Gasteiger partial charge < -0.3 is 24.1 Å². The van der Waals surface area contributed by atoms with Gasteiger partial charge in [0.05, 0.1) is 13.7 Å². The van der Waals surface area contributed by atoms with Gasteiger partial charge in [-0.2, -0.15) is 0 Å². The monoisotopic (exact) mass is 500 g/mol. The van der Waals surface area contributed by atoms with E-state index in [-0.39, 0.29) is 13.2 Å². The molecule has 2 atom stereocenters. The molecule has 0 saturated heterocycles. The van der Waals surface area contributed by atoms with E-state index in [9.17, 15) is 9.59 Å². The summed E-state index contributed by atoms with van der Waals surface area (Å²) in [7, 11) is 3.07. The van der Waals surface area contributed by atoms with Gasteiger partial charge in [-0.1, -0.05) is 24.3 Å². The van der Waals surface area contributed by atoms with Crippen LogP contribution in [0.2, 0.25) is 0 Å². The molecule has 2 amide bonds. The van der Waals surface area contributed by atoms with E-state index in [2.05, 4.69) is 5.32 Å². The van der Waals surface area contributed by atoms with E-state index < -0.39 is 24.2 Å². The number of nitrogens with one attached hydrogen (secondary N) is 2. The Kier molecular flexibility index (Phi) is 12.0. The quantitative estimate of drug-likeness (QED) is 0.141. The number of hydrogen-bond donors (Lipinski definition) is 4. The second kappa shape index (κ2) is 15.2. The maximum atomic E-state index is 12.7. The van der Waals surface area contributed by atoms with Gasteiger partial charge in [0.15, 0.2) is 6.10 Å². The molecule has 2 aromatic rings. The summed E-state index contributed by atoms with van der Waals surface area (Å²) in [4.78, 5) is 24.0. The first-order valence-electron chi connectivity index (χ1n) is 11.2. The molecule has 0 aliphatic heterocycles. The van der Waals surface area contributed by atoms with Crippen LogP contribution in [0, 0.1) is 0 Å². The third kappa shape index (κ3) is 9.41.